The van der Waals surface area contributed by atoms with Crippen molar-refractivity contribution in [2.45, 2.75) is 33.1 Å². The Balaban J connectivity index is 2.57. The molecule has 0 fully saturated rings. The van der Waals surface area contributed by atoms with Crippen molar-refractivity contribution < 1.29 is 0 Å². The number of imidazole rings is 1. The summed E-state index contributed by atoms with van der Waals surface area (Å²) in [4.78, 5) is 4.33. The second kappa shape index (κ2) is 3.40. The lowest BCUT2D eigenvalue weighted by Crippen LogP contribution is -1.98. The van der Waals surface area contributed by atoms with Crippen LogP contribution < -0.4 is 0 Å². The molecule has 3 heteroatoms. The van der Waals surface area contributed by atoms with Crippen molar-refractivity contribution in [3.05, 3.63) is 29.7 Å². The van der Waals surface area contributed by atoms with Crippen molar-refractivity contribution in [1.82, 2.24) is 14.6 Å². The van der Waals surface area contributed by atoms with E-state index in [0.29, 0.717) is 5.92 Å². The fourth-order valence-corrected chi connectivity index (χ4v) is 1.50. The summed E-state index contributed by atoms with van der Waals surface area (Å²) in [5.41, 5.74) is 3.36. The molecule has 2 aromatic heterocycles. The van der Waals surface area contributed by atoms with E-state index in [9.17, 15) is 0 Å². The maximum atomic E-state index is 4.39. The third-order valence-corrected chi connectivity index (χ3v) is 2.48. The maximum absolute atomic E-state index is 4.39. The molecule has 2 rings (SSSR count). The van der Waals surface area contributed by atoms with E-state index in [4.69, 9.17) is 0 Å². The average Bonchev–Trinajstić information content (AvgIpc) is 2.59. The number of nitrogens with zero attached hydrogens (tertiary/aromatic N) is 3. The topological polar surface area (TPSA) is 30.2 Å². The lowest BCUT2D eigenvalue weighted by molar-refractivity contribution is 0.808. The molecule has 0 aromatic carbocycles. The van der Waals surface area contributed by atoms with Crippen LogP contribution in [0.1, 0.15) is 37.9 Å². The largest absolute Gasteiger partial charge is 0.235 e. The van der Waals surface area contributed by atoms with Crippen LogP contribution in [0.25, 0.3) is 5.65 Å². The van der Waals surface area contributed by atoms with Gasteiger partial charge in [0.1, 0.15) is 0 Å². The molecule has 74 valence electrons. The van der Waals surface area contributed by atoms with Crippen molar-refractivity contribution >= 4 is 5.65 Å². The van der Waals surface area contributed by atoms with E-state index < -0.39 is 0 Å². The zero-order chi connectivity index (χ0) is 10.1. The number of rotatable bonds is 2. The lowest BCUT2D eigenvalue weighted by atomic mass is 10.1. The van der Waals surface area contributed by atoms with Gasteiger partial charge < -0.3 is 0 Å². The van der Waals surface area contributed by atoms with Gasteiger partial charge in [-0.05, 0) is 24.0 Å². The molecule has 14 heavy (non-hydrogen) atoms. The first kappa shape index (κ1) is 9.19. The Morgan fingerprint density at radius 2 is 2.14 bits per heavy atom. The van der Waals surface area contributed by atoms with Crippen molar-refractivity contribution in [1.29, 1.82) is 0 Å². The van der Waals surface area contributed by atoms with Gasteiger partial charge in [0.05, 0.1) is 18.1 Å². The minimum Gasteiger partial charge on any atom is -0.235 e. The van der Waals surface area contributed by atoms with Crippen LogP contribution in [-0.4, -0.2) is 14.6 Å². The number of aryl methyl sites for hydroxylation is 1. The molecule has 0 N–H and O–H groups in total. The first-order valence-electron chi connectivity index (χ1n) is 5.05. The van der Waals surface area contributed by atoms with Gasteiger partial charge in [-0.25, -0.2) is 9.50 Å². The summed E-state index contributed by atoms with van der Waals surface area (Å²) >= 11 is 0. The molecule has 0 saturated heterocycles. The summed E-state index contributed by atoms with van der Waals surface area (Å²) in [6, 6.07) is 2.11. The average molecular weight is 189 g/mol. The van der Waals surface area contributed by atoms with Gasteiger partial charge in [-0.1, -0.05) is 20.8 Å². The maximum Gasteiger partial charge on any atom is 0.154 e. The Labute approximate surface area is 83.8 Å². The van der Waals surface area contributed by atoms with Crippen LogP contribution in [0.2, 0.25) is 0 Å². The van der Waals surface area contributed by atoms with Gasteiger partial charge in [-0.2, -0.15) is 5.10 Å². The lowest BCUT2D eigenvalue weighted by Gasteiger charge is -2.04. The Morgan fingerprint density at radius 1 is 1.36 bits per heavy atom. The Hall–Kier alpha value is -1.38. The van der Waals surface area contributed by atoms with E-state index >= 15 is 0 Å². The van der Waals surface area contributed by atoms with Gasteiger partial charge in [-0.15, -0.1) is 0 Å². The van der Waals surface area contributed by atoms with Crippen LogP contribution in [0.5, 0.6) is 0 Å². The predicted molar refractivity (Wildman–Crippen MR) is 56.5 cm³/mol. The van der Waals surface area contributed by atoms with E-state index in [2.05, 4.69) is 36.9 Å². The molecule has 0 radical (unpaired) electrons. The molecule has 2 heterocycles. The van der Waals surface area contributed by atoms with Crippen molar-refractivity contribution in [3.63, 3.8) is 0 Å². The van der Waals surface area contributed by atoms with Gasteiger partial charge >= 0.3 is 0 Å². The van der Waals surface area contributed by atoms with Crippen LogP contribution in [0.15, 0.2) is 18.5 Å². The summed E-state index contributed by atoms with van der Waals surface area (Å²) in [6.45, 7) is 6.44. The summed E-state index contributed by atoms with van der Waals surface area (Å²) < 4.78 is 1.91. The third-order valence-electron chi connectivity index (χ3n) is 2.48. The minimum absolute atomic E-state index is 0.509. The Kier molecular flexibility index (Phi) is 2.23. The molecular weight excluding hydrogens is 174 g/mol. The van der Waals surface area contributed by atoms with Gasteiger partial charge in [0, 0.05) is 0 Å². The van der Waals surface area contributed by atoms with E-state index in [1.165, 1.54) is 5.56 Å². The third kappa shape index (κ3) is 1.39. The molecule has 0 saturated carbocycles. The highest BCUT2D eigenvalue weighted by atomic mass is 15.2. The minimum atomic E-state index is 0.509. The predicted octanol–water partition coefficient (Wildman–Crippen LogP) is 2.42. The monoisotopic (exact) mass is 189 g/mol. The second-order valence-corrected chi connectivity index (χ2v) is 3.82. The van der Waals surface area contributed by atoms with E-state index in [-0.39, 0.29) is 0 Å². The van der Waals surface area contributed by atoms with Crippen LogP contribution >= 0.6 is 0 Å². The van der Waals surface area contributed by atoms with Crippen molar-refractivity contribution in [3.8, 4) is 0 Å². The number of hydrogen-bond acceptors (Lipinski definition) is 2. The van der Waals surface area contributed by atoms with Gasteiger partial charge in [0.2, 0.25) is 0 Å². The Bertz CT molecular complexity index is 443. The highest BCUT2D eigenvalue weighted by molar-refractivity contribution is 5.41. The Morgan fingerprint density at radius 3 is 2.79 bits per heavy atom. The number of aromatic nitrogens is 3. The number of hydrogen-bond donors (Lipinski definition) is 0. The zero-order valence-electron chi connectivity index (χ0n) is 8.86. The van der Waals surface area contributed by atoms with Crippen LogP contribution in [0, 0.1) is 0 Å². The number of fused-ring (bicyclic) bond motifs is 1. The molecular formula is C11H15N3. The highest BCUT2D eigenvalue weighted by Crippen LogP contribution is 2.15. The summed E-state index contributed by atoms with van der Waals surface area (Å²) in [5, 5.41) is 4.39. The van der Waals surface area contributed by atoms with Crippen LogP contribution in [0.3, 0.4) is 0 Å². The second-order valence-electron chi connectivity index (χ2n) is 3.82. The van der Waals surface area contributed by atoms with Gasteiger partial charge in [0.15, 0.2) is 5.65 Å². The summed E-state index contributed by atoms with van der Waals surface area (Å²) in [5.74, 6) is 0.509. The highest BCUT2D eigenvalue weighted by Gasteiger charge is 2.05. The molecule has 0 amide bonds. The van der Waals surface area contributed by atoms with Crippen molar-refractivity contribution in [2.24, 2.45) is 0 Å². The van der Waals surface area contributed by atoms with E-state index in [0.717, 1.165) is 17.8 Å². The van der Waals surface area contributed by atoms with Gasteiger partial charge in [0.25, 0.3) is 0 Å². The fourth-order valence-electron chi connectivity index (χ4n) is 1.50. The summed E-state index contributed by atoms with van der Waals surface area (Å²) in [7, 11) is 0. The molecule has 0 aliphatic heterocycles. The fraction of sp³-hybridized carbons (Fsp3) is 0.455. The first-order valence-corrected chi connectivity index (χ1v) is 5.05. The smallest absolute Gasteiger partial charge is 0.154 e. The molecule has 0 unspecified atom stereocenters. The molecule has 0 aliphatic carbocycles. The SMILES string of the molecule is CCc1cnc2cc(C(C)C)cnn12. The van der Waals surface area contributed by atoms with Gasteiger partial charge in [-0.3, -0.25) is 0 Å². The molecule has 2 aromatic rings. The van der Waals surface area contributed by atoms with Crippen molar-refractivity contribution in [2.75, 3.05) is 0 Å². The standard InChI is InChI=1S/C11H15N3/c1-4-10-7-12-11-5-9(8(2)3)6-13-14(10)11/h5-8H,4H2,1-3H3. The molecule has 0 aliphatic rings. The molecule has 0 atom stereocenters. The summed E-state index contributed by atoms with van der Waals surface area (Å²) in [6.07, 6.45) is 4.79. The van der Waals surface area contributed by atoms with E-state index in [1.807, 2.05) is 16.9 Å². The zero-order valence-corrected chi connectivity index (χ0v) is 8.86. The molecule has 0 bridgehead atoms. The first-order chi connectivity index (χ1) is 6.72. The normalized spacial score (nSPS) is 11.4. The molecule has 0 spiro atoms. The van der Waals surface area contributed by atoms with E-state index in [1.54, 1.807) is 0 Å². The van der Waals surface area contributed by atoms with Crippen LogP contribution in [-0.2, 0) is 6.42 Å². The quantitative estimate of drug-likeness (QED) is 0.726. The van der Waals surface area contributed by atoms with Crippen LogP contribution in [0.4, 0.5) is 0 Å². The molecule has 3 nitrogen and oxygen atoms in total.